The van der Waals surface area contributed by atoms with E-state index in [1.54, 1.807) is 66.4 Å². The number of carbonyl (C=O) groups excluding carboxylic acids is 1. The van der Waals surface area contributed by atoms with Crippen LogP contribution in [0, 0.1) is 12.7 Å². The summed E-state index contributed by atoms with van der Waals surface area (Å²) in [5, 5.41) is 8.14. The minimum Gasteiger partial charge on any atom is -0.307 e. The summed E-state index contributed by atoms with van der Waals surface area (Å²) >= 11 is 0. The minimum absolute atomic E-state index is 0.278. The Morgan fingerprint density at radius 2 is 1.78 bits per heavy atom. The molecule has 2 aromatic carbocycles. The fourth-order valence-corrected chi connectivity index (χ4v) is 4.27. The fourth-order valence-electron chi connectivity index (χ4n) is 4.27. The standard InChI is InChI=1S/C28H19FN6O/c1-17-15-18(9-10-22(17)29)26-27(35-25(34-26)8-4-13-32-35)19-11-14-31-24(16-19)33-28(36)21-5-2-7-23-20(21)6-3-12-30-23/h2-16H,1H3,(H,31,33,36). The van der Waals surface area contributed by atoms with E-state index in [0.29, 0.717) is 34.0 Å². The van der Waals surface area contributed by atoms with Crippen molar-refractivity contribution in [3.63, 3.8) is 0 Å². The van der Waals surface area contributed by atoms with Crippen molar-refractivity contribution in [1.29, 1.82) is 0 Å². The van der Waals surface area contributed by atoms with E-state index in [-0.39, 0.29) is 11.7 Å². The van der Waals surface area contributed by atoms with Gasteiger partial charge in [0.2, 0.25) is 0 Å². The number of amides is 1. The van der Waals surface area contributed by atoms with E-state index in [2.05, 4.69) is 20.4 Å². The molecule has 0 saturated heterocycles. The van der Waals surface area contributed by atoms with Gasteiger partial charge in [0.25, 0.3) is 5.91 Å². The number of aryl methyl sites for hydroxylation is 1. The number of anilines is 1. The zero-order valence-electron chi connectivity index (χ0n) is 19.2. The Bertz CT molecular complexity index is 1770. The number of carbonyl (C=O) groups is 1. The molecular formula is C28H19FN6O. The molecule has 0 fully saturated rings. The summed E-state index contributed by atoms with van der Waals surface area (Å²) in [5.41, 5.74) is 5.30. The third kappa shape index (κ3) is 3.74. The Hall–Kier alpha value is -4.98. The summed E-state index contributed by atoms with van der Waals surface area (Å²) in [6.07, 6.45) is 4.99. The highest BCUT2D eigenvalue weighted by Gasteiger charge is 2.19. The van der Waals surface area contributed by atoms with E-state index < -0.39 is 0 Å². The molecule has 0 aliphatic heterocycles. The maximum atomic E-state index is 14.0. The van der Waals surface area contributed by atoms with Gasteiger partial charge in [0.15, 0.2) is 5.65 Å². The SMILES string of the molecule is Cc1cc(-c2nc3cccnn3c2-c2ccnc(NC(=O)c3cccc4ncccc34)c2)ccc1F. The second-order valence-electron chi connectivity index (χ2n) is 8.33. The third-order valence-electron chi connectivity index (χ3n) is 5.99. The number of fused-ring (bicyclic) bond motifs is 2. The van der Waals surface area contributed by atoms with Crippen molar-refractivity contribution in [1.82, 2.24) is 24.6 Å². The lowest BCUT2D eigenvalue weighted by Crippen LogP contribution is -2.13. The van der Waals surface area contributed by atoms with E-state index in [4.69, 9.17) is 4.98 Å². The molecule has 0 saturated carbocycles. The van der Waals surface area contributed by atoms with E-state index in [0.717, 1.165) is 22.0 Å². The lowest BCUT2D eigenvalue weighted by atomic mass is 10.0. The number of benzene rings is 2. The Balaban J connectivity index is 1.43. The summed E-state index contributed by atoms with van der Waals surface area (Å²) in [5.74, 6) is -0.186. The van der Waals surface area contributed by atoms with Crippen molar-refractivity contribution in [2.75, 3.05) is 5.32 Å². The molecule has 4 aromatic heterocycles. The molecule has 174 valence electrons. The van der Waals surface area contributed by atoms with Crippen molar-refractivity contribution in [2.45, 2.75) is 6.92 Å². The number of hydrogen-bond acceptors (Lipinski definition) is 5. The van der Waals surface area contributed by atoms with Gasteiger partial charge in [0.1, 0.15) is 17.3 Å². The van der Waals surface area contributed by atoms with Gasteiger partial charge >= 0.3 is 0 Å². The maximum Gasteiger partial charge on any atom is 0.257 e. The van der Waals surface area contributed by atoms with Gasteiger partial charge in [-0.1, -0.05) is 12.1 Å². The number of imidazole rings is 1. The average Bonchev–Trinajstić information content (AvgIpc) is 3.30. The average molecular weight is 474 g/mol. The smallest absolute Gasteiger partial charge is 0.257 e. The first-order valence-electron chi connectivity index (χ1n) is 11.3. The van der Waals surface area contributed by atoms with E-state index in [9.17, 15) is 9.18 Å². The lowest BCUT2D eigenvalue weighted by molar-refractivity contribution is 0.102. The monoisotopic (exact) mass is 474 g/mol. The van der Waals surface area contributed by atoms with E-state index in [1.807, 2.05) is 30.3 Å². The molecule has 0 aliphatic carbocycles. The number of aromatic nitrogens is 5. The van der Waals surface area contributed by atoms with Crippen LogP contribution >= 0.6 is 0 Å². The summed E-state index contributed by atoms with van der Waals surface area (Å²) in [6.45, 7) is 1.72. The molecule has 0 aliphatic rings. The summed E-state index contributed by atoms with van der Waals surface area (Å²) < 4.78 is 15.7. The molecule has 0 unspecified atom stereocenters. The second kappa shape index (κ2) is 8.66. The van der Waals surface area contributed by atoms with Gasteiger partial charge in [-0.3, -0.25) is 9.78 Å². The van der Waals surface area contributed by atoms with Crippen molar-refractivity contribution in [3.8, 4) is 22.5 Å². The van der Waals surface area contributed by atoms with Crippen molar-refractivity contribution >= 4 is 28.3 Å². The number of nitrogens with zero attached hydrogens (tertiary/aromatic N) is 5. The van der Waals surface area contributed by atoms with E-state index in [1.165, 1.54) is 6.07 Å². The molecule has 0 spiro atoms. The highest BCUT2D eigenvalue weighted by atomic mass is 19.1. The molecule has 0 atom stereocenters. The summed E-state index contributed by atoms with van der Waals surface area (Å²) in [4.78, 5) is 26.6. The van der Waals surface area contributed by atoms with Gasteiger partial charge in [-0.25, -0.2) is 18.9 Å². The zero-order chi connectivity index (χ0) is 24.6. The molecule has 6 rings (SSSR count). The highest BCUT2D eigenvalue weighted by molar-refractivity contribution is 6.12. The molecule has 0 bridgehead atoms. The quantitative estimate of drug-likeness (QED) is 0.354. The maximum absolute atomic E-state index is 14.0. The number of pyridine rings is 2. The van der Waals surface area contributed by atoms with Crippen LogP contribution in [-0.4, -0.2) is 30.5 Å². The lowest BCUT2D eigenvalue weighted by Gasteiger charge is -2.10. The minimum atomic E-state index is -0.288. The number of hydrogen-bond donors (Lipinski definition) is 1. The molecule has 4 heterocycles. The second-order valence-corrected chi connectivity index (χ2v) is 8.33. The molecule has 8 heteroatoms. The van der Waals surface area contributed by atoms with Crippen LogP contribution in [0.5, 0.6) is 0 Å². The molecule has 1 N–H and O–H groups in total. The van der Waals surface area contributed by atoms with Gasteiger partial charge < -0.3 is 5.32 Å². The molecule has 7 nitrogen and oxygen atoms in total. The number of halogens is 1. The highest BCUT2D eigenvalue weighted by Crippen LogP contribution is 2.33. The van der Waals surface area contributed by atoms with Crippen LogP contribution in [-0.2, 0) is 0 Å². The van der Waals surface area contributed by atoms with Crippen LogP contribution in [0.25, 0.3) is 39.1 Å². The topological polar surface area (TPSA) is 85.1 Å². The molecule has 6 aromatic rings. The van der Waals surface area contributed by atoms with E-state index >= 15 is 0 Å². The first-order chi connectivity index (χ1) is 17.6. The van der Waals surface area contributed by atoms with Gasteiger partial charge in [-0.2, -0.15) is 5.10 Å². The predicted molar refractivity (Wildman–Crippen MR) is 136 cm³/mol. The van der Waals surface area contributed by atoms with Gasteiger partial charge in [0.05, 0.1) is 11.2 Å². The Morgan fingerprint density at radius 3 is 2.67 bits per heavy atom. The summed E-state index contributed by atoms with van der Waals surface area (Å²) in [6, 6.07) is 21.3. The molecule has 36 heavy (non-hydrogen) atoms. The van der Waals surface area contributed by atoms with Crippen LogP contribution in [0.3, 0.4) is 0 Å². The van der Waals surface area contributed by atoms with Crippen LogP contribution < -0.4 is 5.32 Å². The zero-order valence-corrected chi connectivity index (χ0v) is 19.2. The van der Waals surface area contributed by atoms with Crippen LogP contribution in [0.4, 0.5) is 10.2 Å². The predicted octanol–water partition coefficient (Wildman–Crippen LogP) is 5.71. The third-order valence-corrected chi connectivity index (χ3v) is 5.99. The van der Waals surface area contributed by atoms with Gasteiger partial charge in [-0.05, 0) is 73.2 Å². The normalized spacial score (nSPS) is 11.2. The summed E-state index contributed by atoms with van der Waals surface area (Å²) in [7, 11) is 0. The van der Waals surface area contributed by atoms with Crippen molar-refractivity contribution in [3.05, 3.63) is 108 Å². The van der Waals surface area contributed by atoms with Crippen LogP contribution in [0.2, 0.25) is 0 Å². The fraction of sp³-hybridized carbons (Fsp3) is 0.0357. The van der Waals surface area contributed by atoms with Crippen LogP contribution in [0.1, 0.15) is 15.9 Å². The van der Waals surface area contributed by atoms with Crippen molar-refractivity contribution < 1.29 is 9.18 Å². The molecule has 1 amide bonds. The first kappa shape index (κ1) is 21.5. The van der Waals surface area contributed by atoms with Crippen LogP contribution in [0.15, 0.2) is 91.4 Å². The number of nitrogens with one attached hydrogen (secondary N) is 1. The molecular weight excluding hydrogens is 455 g/mol. The Kier molecular flexibility index (Phi) is 5.19. The first-order valence-corrected chi connectivity index (χ1v) is 11.3. The van der Waals surface area contributed by atoms with Crippen molar-refractivity contribution in [2.24, 2.45) is 0 Å². The number of rotatable bonds is 4. The molecule has 0 radical (unpaired) electrons. The van der Waals surface area contributed by atoms with Gasteiger partial charge in [-0.15, -0.1) is 0 Å². The Labute approximate surface area is 205 Å². The van der Waals surface area contributed by atoms with Gasteiger partial charge in [0, 0.05) is 40.7 Å². The Morgan fingerprint density at radius 1 is 0.889 bits per heavy atom. The largest absolute Gasteiger partial charge is 0.307 e.